The van der Waals surface area contributed by atoms with Crippen molar-refractivity contribution in [2.45, 2.75) is 50.7 Å². The third kappa shape index (κ3) is 5.17. The number of likely N-dealkylation sites (tertiary alicyclic amines) is 1. The van der Waals surface area contributed by atoms with Crippen molar-refractivity contribution in [2.24, 2.45) is 5.41 Å². The predicted octanol–water partition coefficient (Wildman–Crippen LogP) is 5.02. The Bertz CT molecular complexity index is 1590. The lowest BCUT2D eigenvalue weighted by Gasteiger charge is -2.63. The molecule has 4 aliphatic rings. The molecule has 1 aliphatic carbocycles. The maximum absolute atomic E-state index is 15.8. The van der Waals surface area contributed by atoms with Crippen LogP contribution >= 0.6 is 21.9 Å². The molecule has 2 aromatic heterocycles. The van der Waals surface area contributed by atoms with Crippen molar-refractivity contribution in [1.82, 2.24) is 19.9 Å². The highest BCUT2D eigenvalue weighted by atomic mass is 32.3. The van der Waals surface area contributed by atoms with Gasteiger partial charge < -0.3 is 25.5 Å². The third-order valence-electron chi connectivity index (χ3n) is 8.81. The number of nitrogens with zero attached hydrogens (tertiary/aromatic N) is 5. The second-order valence-corrected chi connectivity index (χ2v) is 15.3. The standard InChI is InChI=1S/C28H32FN7O5S2/c1-15(37)31-20-4-2-3-19(22(20)29)23-24(42-26(34-23)36-17-5-6-18(36)12-35(11-17)27(38)39)21-7-8-30-25(33-21)32-16-9-28(10-16)13-43(40,41)14-28/h2-4,7-8,16-18,40-41H,5-6,9-14H2,1H3,(H,31,37)(H,38,39)(H,30,32,33). The first kappa shape index (κ1) is 28.3. The Hall–Kier alpha value is -3.53. The molecule has 1 spiro atoms. The van der Waals surface area contributed by atoms with Gasteiger partial charge in [-0.1, -0.05) is 17.4 Å². The van der Waals surface area contributed by atoms with Gasteiger partial charge in [0.2, 0.25) is 11.9 Å². The number of nitrogens with one attached hydrogen (secondary N) is 2. The van der Waals surface area contributed by atoms with Gasteiger partial charge in [0.15, 0.2) is 10.9 Å². The van der Waals surface area contributed by atoms with Crippen LogP contribution < -0.4 is 15.5 Å². The monoisotopic (exact) mass is 629 g/mol. The first-order chi connectivity index (χ1) is 20.5. The van der Waals surface area contributed by atoms with Crippen molar-refractivity contribution in [1.29, 1.82) is 0 Å². The number of anilines is 3. The number of piperazine rings is 1. The van der Waals surface area contributed by atoms with Crippen LogP contribution in [0.1, 0.15) is 32.6 Å². The van der Waals surface area contributed by atoms with E-state index in [0.717, 1.165) is 25.7 Å². The lowest BCUT2D eigenvalue weighted by atomic mass is 9.67. The van der Waals surface area contributed by atoms with Crippen molar-refractivity contribution in [3.05, 3.63) is 36.3 Å². The highest BCUT2D eigenvalue weighted by Crippen LogP contribution is 2.66. The van der Waals surface area contributed by atoms with E-state index in [4.69, 9.17) is 9.97 Å². The molecule has 0 radical (unpaired) electrons. The number of fused-ring (bicyclic) bond motifs is 2. The summed E-state index contributed by atoms with van der Waals surface area (Å²) in [5.41, 5.74) is 1.21. The summed E-state index contributed by atoms with van der Waals surface area (Å²) in [6.45, 7) is 2.07. The molecule has 15 heteroatoms. The first-order valence-corrected chi connectivity index (χ1v) is 16.9. The number of thiazole rings is 1. The quantitative estimate of drug-likeness (QED) is 0.250. The average molecular weight is 630 g/mol. The van der Waals surface area contributed by atoms with Crippen molar-refractivity contribution >= 4 is 50.7 Å². The van der Waals surface area contributed by atoms with E-state index in [1.54, 1.807) is 24.4 Å². The molecule has 2 amide bonds. The lowest BCUT2D eigenvalue weighted by molar-refractivity contribution is -0.114. The Morgan fingerprint density at radius 3 is 2.49 bits per heavy atom. The molecule has 3 aliphatic heterocycles. The number of carboxylic acid groups (broad SMARTS) is 1. The summed E-state index contributed by atoms with van der Waals surface area (Å²) in [7, 11) is -2.41. The van der Waals surface area contributed by atoms with Crippen LogP contribution in [0.3, 0.4) is 0 Å². The summed E-state index contributed by atoms with van der Waals surface area (Å²) in [5, 5.41) is 16.2. The maximum atomic E-state index is 15.8. The molecular weight excluding hydrogens is 597 g/mol. The van der Waals surface area contributed by atoms with Gasteiger partial charge in [-0.25, -0.2) is 24.1 Å². The van der Waals surface area contributed by atoms with Crippen LogP contribution in [0.25, 0.3) is 21.8 Å². The van der Waals surface area contributed by atoms with E-state index < -0.39 is 22.5 Å². The number of aromatic nitrogens is 3. The molecule has 5 heterocycles. The Kier molecular flexibility index (Phi) is 6.76. The Labute approximate surface area is 252 Å². The van der Waals surface area contributed by atoms with E-state index in [0.29, 0.717) is 51.9 Å². The largest absolute Gasteiger partial charge is 0.465 e. The van der Waals surface area contributed by atoms with Gasteiger partial charge in [-0.15, -0.1) is 0 Å². The minimum atomic E-state index is -2.41. The number of hydrogen-bond acceptors (Lipinski definition) is 10. The number of hydrogen-bond donors (Lipinski definition) is 5. The number of carbonyl (C=O) groups is 2. The molecule has 4 fully saturated rings. The Morgan fingerprint density at radius 2 is 1.84 bits per heavy atom. The summed E-state index contributed by atoms with van der Waals surface area (Å²) in [6.07, 6.45) is 4.02. The molecule has 1 aromatic carbocycles. The van der Waals surface area contributed by atoms with Gasteiger partial charge in [0.05, 0.1) is 22.0 Å². The van der Waals surface area contributed by atoms with Gasteiger partial charge in [0, 0.05) is 66.8 Å². The molecule has 1 saturated carbocycles. The second-order valence-electron chi connectivity index (χ2n) is 12.1. The molecule has 2 unspecified atom stereocenters. The van der Waals surface area contributed by atoms with Crippen LogP contribution in [0.2, 0.25) is 0 Å². The minimum absolute atomic E-state index is 0.00564. The van der Waals surface area contributed by atoms with Gasteiger partial charge in [0.1, 0.15) is 0 Å². The lowest BCUT2D eigenvalue weighted by Crippen LogP contribution is -2.57. The fraction of sp³-hybridized carbons (Fsp3) is 0.464. The number of rotatable bonds is 6. The van der Waals surface area contributed by atoms with Crippen LogP contribution in [-0.2, 0) is 4.79 Å². The van der Waals surface area contributed by atoms with Crippen LogP contribution in [0, 0.1) is 11.2 Å². The highest BCUT2D eigenvalue weighted by molar-refractivity contribution is 8.25. The summed E-state index contributed by atoms with van der Waals surface area (Å²) in [6, 6.07) is 6.59. The van der Waals surface area contributed by atoms with Crippen molar-refractivity contribution in [3.8, 4) is 21.8 Å². The van der Waals surface area contributed by atoms with Gasteiger partial charge >= 0.3 is 6.09 Å². The molecule has 2 atom stereocenters. The van der Waals surface area contributed by atoms with Crippen LogP contribution in [0.4, 0.5) is 26.0 Å². The molecule has 3 aromatic rings. The molecule has 2 bridgehead atoms. The Balaban J connectivity index is 1.22. The van der Waals surface area contributed by atoms with Crippen LogP contribution in [0.15, 0.2) is 30.5 Å². The number of halogens is 1. The smallest absolute Gasteiger partial charge is 0.407 e. The van der Waals surface area contributed by atoms with Crippen molar-refractivity contribution in [2.75, 3.05) is 40.1 Å². The second kappa shape index (κ2) is 10.3. The van der Waals surface area contributed by atoms with Crippen molar-refractivity contribution in [3.63, 3.8) is 0 Å². The van der Waals surface area contributed by atoms with Crippen LogP contribution in [0.5, 0.6) is 0 Å². The zero-order valence-electron chi connectivity index (χ0n) is 23.4. The molecule has 3 saturated heterocycles. The van der Waals surface area contributed by atoms with E-state index in [-0.39, 0.29) is 40.7 Å². The fourth-order valence-electron chi connectivity index (χ4n) is 7.15. The van der Waals surface area contributed by atoms with Crippen LogP contribution in [-0.4, -0.2) is 88.8 Å². The predicted molar refractivity (Wildman–Crippen MR) is 163 cm³/mol. The number of carbonyl (C=O) groups excluding carboxylic acids is 1. The Morgan fingerprint density at radius 1 is 1.12 bits per heavy atom. The zero-order valence-corrected chi connectivity index (χ0v) is 25.0. The fourth-order valence-corrected chi connectivity index (χ4v) is 10.7. The van der Waals surface area contributed by atoms with E-state index in [9.17, 15) is 23.8 Å². The van der Waals surface area contributed by atoms with E-state index >= 15 is 4.39 Å². The average Bonchev–Trinajstić information content (AvgIpc) is 3.45. The SMILES string of the molecule is CC(=O)Nc1cccc(-c2nc(N3C4CCC3CN(C(=O)O)C4)sc2-c2ccnc(NC3CC4(C3)CS(O)(O)C4)n2)c1F. The molecule has 12 nitrogen and oxygen atoms in total. The molecule has 5 N–H and O–H groups in total. The molecular formula is C28H32FN7O5S2. The summed E-state index contributed by atoms with van der Waals surface area (Å²) in [4.78, 5) is 41.8. The minimum Gasteiger partial charge on any atom is -0.465 e. The summed E-state index contributed by atoms with van der Waals surface area (Å²) >= 11 is 1.38. The number of amides is 2. The third-order valence-corrected chi connectivity index (χ3v) is 12.0. The highest BCUT2D eigenvalue weighted by Gasteiger charge is 2.56. The van der Waals surface area contributed by atoms with E-state index in [2.05, 4.69) is 20.5 Å². The van der Waals surface area contributed by atoms with Gasteiger partial charge in [-0.2, -0.15) is 10.6 Å². The topological polar surface area (TPSA) is 164 Å². The number of benzene rings is 1. The van der Waals surface area contributed by atoms with Crippen molar-refractivity contribution < 1.29 is 28.2 Å². The maximum Gasteiger partial charge on any atom is 0.407 e. The normalized spacial score (nSPS) is 24.3. The van der Waals surface area contributed by atoms with Gasteiger partial charge in [-0.3, -0.25) is 13.9 Å². The zero-order chi connectivity index (χ0) is 30.1. The molecule has 228 valence electrons. The molecule has 7 rings (SSSR count). The first-order valence-electron chi connectivity index (χ1n) is 14.2. The van der Waals surface area contributed by atoms with E-state index in [1.165, 1.54) is 29.2 Å². The summed E-state index contributed by atoms with van der Waals surface area (Å²) < 4.78 is 35.5. The summed E-state index contributed by atoms with van der Waals surface area (Å²) in [5.74, 6) is 0.342. The van der Waals surface area contributed by atoms with Gasteiger partial charge in [-0.05, 0) is 43.9 Å². The molecule has 43 heavy (non-hydrogen) atoms. The van der Waals surface area contributed by atoms with E-state index in [1.807, 2.05) is 0 Å². The van der Waals surface area contributed by atoms with Gasteiger partial charge in [0.25, 0.3) is 0 Å².